The molecule has 0 aromatic heterocycles. The Bertz CT molecular complexity index is 649. The number of rotatable bonds is 4. The number of aromatic carboxylic acids is 2. The first-order valence-corrected chi connectivity index (χ1v) is 6.90. The number of allylic oxidation sites excluding steroid dienone is 2. The Labute approximate surface area is 141 Å². The average molecular weight is 322 g/mol. The van der Waals surface area contributed by atoms with Gasteiger partial charge in [0.1, 0.15) is 0 Å². The smallest absolute Gasteiger partial charge is 0.0721 e. The molecular weight excluding hydrogens is 304 g/mol. The number of hydrogen-bond donors (Lipinski definition) is 0. The van der Waals surface area contributed by atoms with Crippen LogP contribution in [0.15, 0.2) is 86.5 Å². The molecule has 0 amide bonds. The summed E-state index contributed by atoms with van der Waals surface area (Å²) in [4.78, 5) is 20.6. The van der Waals surface area contributed by atoms with Gasteiger partial charge in [0.05, 0.1) is 11.9 Å². The van der Waals surface area contributed by atoms with Crippen LogP contribution in [0.3, 0.4) is 0 Å². The van der Waals surface area contributed by atoms with E-state index in [1.165, 1.54) is 17.7 Å². The molecular formula is C20H18O4-2. The number of carboxylic acid groups (broad SMARTS) is 2. The van der Waals surface area contributed by atoms with E-state index in [-0.39, 0.29) is 11.1 Å². The van der Waals surface area contributed by atoms with Crippen molar-refractivity contribution in [3.8, 4) is 0 Å². The first-order valence-electron chi connectivity index (χ1n) is 6.90. The first-order chi connectivity index (χ1) is 11.5. The van der Waals surface area contributed by atoms with Crippen LogP contribution in [-0.2, 0) is 0 Å². The van der Waals surface area contributed by atoms with E-state index in [4.69, 9.17) is 0 Å². The molecule has 0 spiro atoms. The molecule has 0 radical (unpaired) electrons. The summed E-state index contributed by atoms with van der Waals surface area (Å²) >= 11 is 0. The molecule has 4 heteroatoms. The molecule has 0 atom stereocenters. The van der Waals surface area contributed by atoms with Crippen molar-refractivity contribution in [1.29, 1.82) is 0 Å². The van der Waals surface area contributed by atoms with Gasteiger partial charge in [-0.3, -0.25) is 0 Å². The standard InChI is InChI=1S/C8H6O4.C8H8.C4H6/c9-7(10)5-3-1-2-4-6(5)8(11)12;1-2-8-6-4-3-5-7-8;1-3-4-2/h1-4H,(H,9,10)(H,11,12);2-7H,1H2;3-4H,1-2H2/p-2. The summed E-state index contributed by atoms with van der Waals surface area (Å²) in [5.74, 6) is -3.04. The molecule has 0 aliphatic carbocycles. The summed E-state index contributed by atoms with van der Waals surface area (Å²) in [5, 5.41) is 20.6. The van der Waals surface area contributed by atoms with Crippen molar-refractivity contribution < 1.29 is 19.8 Å². The number of hydrogen-bond acceptors (Lipinski definition) is 4. The normalized spacial score (nSPS) is 8.33. The Morgan fingerprint density at radius 2 is 1.08 bits per heavy atom. The van der Waals surface area contributed by atoms with Crippen LogP contribution in [0, 0.1) is 0 Å². The second-order valence-electron chi connectivity index (χ2n) is 4.21. The number of carbonyl (C=O) groups excluding carboxylic acids is 2. The van der Waals surface area contributed by atoms with Gasteiger partial charge in [-0.05, 0) is 5.56 Å². The maximum atomic E-state index is 10.3. The van der Waals surface area contributed by atoms with E-state index in [9.17, 15) is 19.8 Å². The van der Waals surface area contributed by atoms with E-state index in [0.717, 1.165) is 12.1 Å². The van der Waals surface area contributed by atoms with Gasteiger partial charge in [0.2, 0.25) is 0 Å². The summed E-state index contributed by atoms with van der Waals surface area (Å²) in [6.45, 7) is 10.4. The highest BCUT2D eigenvalue weighted by Crippen LogP contribution is 2.05. The average Bonchev–Trinajstić information content (AvgIpc) is 2.63. The quantitative estimate of drug-likeness (QED) is 0.807. The zero-order chi connectivity index (χ0) is 18.4. The SMILES string of the molecule is C=CC=C.C=Cc1ccccc1.O=C([O-])c1ccccc1C(=O)[O-]. The lowest BCUT2D eigenvalue weighted by molar-refractivity contribution is -0.259. The molecule has 0 fully saturated rings. The highest BCUT2D eigenvalue weighted by molar-refractivity contribution is 5.99. The number of carbonyl (C=O) groups is 2. The van der Waals surface area contributed by atoms with E-state index in [1.54, 1.807) is 12.2 Å². The molecule has 0 N–H and O–H groups in total. The molecule has 24 heavy (non-hydrogen) atoms. The van der Waals surface area contributed by atoms with Crippen molar-refractivity contribution in [1.82, 2.24) is 0 Å². The summed E-state index contributed by atoms with van der Waals surface area (Å²) in [7, 11) is 0. The summed E-state index contributed by atoms with van der Waals surface area (Å²) in [6.07, 6.45) is 5.11. The second kappa shape index (κ2) is 12.2. The maximum Gasteiger partial charge on any atom is 0.0721 e. The van der Waals surface area contributed by atoms with Gasteiger partial charge in [-0.25, -0.2) is 0 Å². The monoisotopic (exact) mass is 322 g/mol. The van der Waals surface area contributed by atoms with Crippen LogP contribution < -0.4 is 10.2 Å². The van der Waals surface area contributed by atoms with E-state index in [2.05, 4.69) is 19.7 Å². The third-order valence-corrected chi connectivity index (χ3v) is 2.57. The van der Waals surface area contributed by atoms with Gasteiger partial charge in [-0.1, -0.05) is 92.6 Å². The number of benzene rings is 2. The number of carboxylic acids is 2. The molecule has 0 bridgehead atoms. The van der Waals surface area contributed by atoms with Crippen LogP contribution in [-0.4, -0.2) is 11.9 Å². The van der Waals surface area contributed by atoms with Gasteiger partial charge in [-0.2, -0.15) is 0 Å². The molecule has 0 heterocycles. The molecule has 0 unspecified atom stereocenters. The second-order valence-corrected chi connectivity index (χ2v) is 4.21. The molecule has 124 valence electrons. The van der Waals surface area contributed by atoms with Crippen molar-refractivity contribution in [2.75, 3.05) is 0 Å². The Morgan fingerprint density at radius 3 is 1.33 bits per heavy atom. The van der Waals surface area contributed by atoms with Crippen LogP contribution in [0.1, 0.15) is 26.3 Å². The fourth-order valence-corrected chi connectivity index (χ4v) is 1.43. The van der Waals surface area contributed by atoms with Gasteiger partial charge < -0.3 is 19.8 Å². The molecule has 0 saturated heterocycles. The van der Waals surface area contributed by atoms with Crippen molar-refractivity contribution in [2.45, 2.75) is 0 Å². The lowest BCUT2D eigenvalue weighted by atomic mass is 10.1. The molecule has 2 aromatic carbocycles. The Morgan fingerprint density at radius 1 is 0.708 bits per heavy atom. The topological polar surface area (TPSA) is 80.3 Å². The van der Waals surface area contributed by atoms with Crippen LogP contribution in [0.5, 0.6) is 0 Å². The minimum Gasteiger partial charge on any atom is -0.545 e. The van der Waals surface area contributed by atoms with Crippen LogP contribution >= 0.6 is 0 Å². The molecule has 2 rings (SSSR count). The van der Waals surface area contributed by atoms with E-state index in [1.807, 2.05) is 36.4 Å². The van der Waals surface area contributed by atoms with E-state index in [0.29, 0.717) is 0 Å². The van der Waals surface area contributed by atoms with Crippen LogP contribution in [0.25, 0.3) is 6.08 Å². The van der Waals surface area contributed by atoms with Gasteiger partial charge in [0.15, 0.2) is 0 Å². The van der Waals surface area contributed by atoms with Gasteiger partial charge in [-0.15, -0.1) is 0 Å². The highest BCUT2D eigenvalue weighted by atomic mass is 16.4. The Balaban J connectivity index is 0.000000379. The third-order valence-electron chi connectivity index (χ3n) is 2.57. The van der Waals surface area contributed by atoms with Crippen molar-refractivity contribution >= 4 is 18.0 Å². The fraction of sp³-hybridized carbons (Fsp3) is 0. The zero-order valence-electron chi connectivity index (χ0n) is 13.2. The third kappa shape index (κ3) is 8.14. The Hall–Kier alpha value is -3.40. The van der Waals surface area contributed by atoms with Gasteiger partial charge >= 0.3 is 0 Å². The Kier molecular flexibility index (Phi) is 10.4. The van der Waals surface area contributed by atoms with Gasteiger partial charge in [0.25, 0.3) is 0 Å². The van der Waals surface area contributed by atoms with Crippen LogP contribution in [0.2, 0.25) is 0 Å². The minimum atomic E-state index is -1.52. The van der Waals surface area contributed by atoms with Crippen LogP contribution in [0.4, 0.5) is 0 Å². The predicted molar refractivity (Wildman–Crippen MR) is 92.0 cm³/mol. The molecule has 0 aliphatic rings. The fourth-order valence-electron chi connectivity index (χ4n) is 1.43. The summed E-state index contributed by atoms with van der Waals surface area (Å²) in [5.41, 5.74) is 0.447. The van der Waals surface area contributed by atoms with E-state index < -0.39 is 11.9 Å². The predicted octanol–water partition coefficient (Wildman–Crippen LogP) is 2.10. The van der Waals surface area contributed by atoms with Crippen molar-refractivity contribution in [3.63, 3.8) is 0 Å². The molecule has 0 saturated carbocycles. The zero-order valence-corrected chi connectivity index (χ0v) is 13.2. The van der Waals surface area contributed by atoms with Crippen molar-refractivity contribution in [2.24, 2.45) is 0 Å². The maximum absolute atomic E-state index is 10.3. The molecule has 0 aliphatic heterocycles. The lowest BCUT2D eigenvalue weighted by Gasteiger charge is -2.09. The first kappa shape index (κ1) is 20.6. The largest absolute Gasteiger partial charge is 0.545 e. The summed E-state index contributed by atoms with van der Waals surface area (Å²) in [6, 6.07) is 15.2. The lowest BCUT2D eigenvalue weighted by Crippen LogP contribution is -2.29. The molecule has 4 nitrogen and oxygen atoms in total. The summed E-state index contributed by atoms with van der Waals surface area (Å²) < 4.78 is 0. The molecule has 2 aromatic rings. The van der Waals surface area contributed by atoms with Crippen molar-refractivity contribution in [3.05, 3.63) is 103 Å². The van der Waals surface area contributed by atoms with Gasteiger partial charge in [0, 0.05) is 11.1 Å². The highest BCUT2D eigenvalue weighted by Gasteiger charge is 2.01. The minimum absolute atomic E-state index is 0.363. The van der Waals surface area contributed by atoms with E-state index >= 15 is 0 Å².